The summed E-state index contributed by atoms with van der Waals surface area (Å²) in [5.74, 6) is 0.813. The first kappa shape index (κ1) is 9.96. The number of aryl methyl sites for hydroxylation is 2. The minimum absolute atomic E-state index is 0.142. The molecule has 0 saturated carbocycles. The second-order valence-electron chi connectivity index (χ2n) is 4.48. The summed E-state index contributed by atoms with van der Waals surface area (Å²) in [6.45, 7) is 7.71. The number of hydrogen-bond acceptors (Lipinski definition) is 1. The third-order valence-electron chi connectivity index (χ3n) is 1.95. The molecule has 1 heterocycles. The van der Waals surface area contributed by atoms with Gasteiger partial charge >= 0.3 is 5.82 Å². The summed E-state index contributed by atoms with van der Waals surface area (Å²) in [6, 6.07) is 0. The summed E-state index contributed by atoms with van der Waals surface area (Å²) in [7, 11) is 1.88. The molecule has 0 aliphatic rings. The van der Waals surface area contributed by atoms with E-state index in [1.807, 2.05) is 45.5 Å². The maximum atomic E-state index is 11.8. The normalized spacial score (nSPS) is 11.8. The van der Waals surface area contributed by atoms with Gasteiger partial charge in [-0.05, 0) is 0 Å². The van der Waals surface area contributed by atoms with Crippen molar-refractivity contribution in [1.82, 2.24) is 4.98 Å². The first-order valence-electron chi connectivity index (χ1n) is 4.42. The zero-order valence-corrected chi connectivity index (χ0v) is 8.93. The molecule has 0 aliphatic carbocycles. The highest BCUT2D eigenvalue weighted by atomic mass is 16.1. The van der Waals surface area contributed by atoms with Crippen molar-refractivity contribution < 1.29 is 9.36 Å². The van der Waals surface area contributed by atoms with Crippen LogP contribution in [0.1, 0.15) is 37.1 Å². The fourth-order valence-corrected chi connectivity index (χ4v) is 1.23. The van der Waals surface area contributed by atoms with Gasteiger partial charge < -0.3 is 0 Å². The number of rotatable bonds is 1. The third-order valence-corrected chi connectivity index (χ3v) is 1.95. The molecule has 1 N–H and O–H groups in total. The molecular formula is C10H17N2O+. The van der Waals surface area contributed by atoms with Crippen molar-refractivity contribution in [1.29, 1.82) is 0 Å². The van der Waals surface area contributed by atoms with Crippen molar-refractivity contribution in [3.05, 3.63) is 17.7 Å². The maximum Gasteiger partial charge on any atom is 0.323 e. The van der Waals surface area contributed by atoms with Gasteiger partial charge in [0, 0.05) is 12.3 Å². The van der Waals surface area contributed by atoms with Crippen LogP contribution in [0.2, 0.25) is 0 Å². The van der Waals surface area contributed by atoms with Crippen molar-refractivity contribution in [2.24, 2.45) is 12.5 Å². The van der Waals surface area contributed by atoms with Gasteiger partial charge in [0.1, 0.15) is 11.9 Å². The number of Topliss-reactive ketones (excluding diaryl/α,β-unsaturated/α-hetero) is 1. The molecular weight excluding hydrogens is 164 g/mol. The monoisotopic (exact) mass is 181 g/mol. The number of ketones is 1. The summed E-state index contributed by atoms with van der Waals surface area (Å²) < 4.78 is 1.84. The molecule has 1 rings (SSSR count). The average Bonchev–Trinajstić information content (AvgIpc) is 2.26. The smallest absolute Gasteiger partial charge is 0.285 e. The van der Waals surface area contributed by atoms with Crippen molar-refractivity contribution in [2.75, 3.05) is 0 Å². The molecule has 0 spiro atoms. The molecule has 0 fully saturated rings. The van der Waals surface area contributed by atoms with Gasteiger partial charge in [-0.15, -0.1) is 0 Å². The summed E-state index contributed by atoms with van der Waals surface area (Å²) in [5.41, 5.74) is 0.685. The molecule has 0 atom stereocenters. The van der Waals surface area contributed by atoms with Gasteiger partial charge in [-0.1, -0.05) is 20.8 Å². The molecule has 0 bridgehead atoms. The number of aromatic amines is 1. The van der Waals surface area contributed by atoms with E-state index >= 15 is 0 Å². The van der Waals surface area contributed by atoms with Crippen LogP contribution in [0.15, 0.2) is 6.20 Å². The topological polar surface area (TPSA) is 36.7 Å². The van der Waals surface area contributed by atoms with Gasteiger partial charge in [0.15, 0.2) is 0 Å². The Bertz CT molecular complexity index is 331. The number of carbonyl (C=O) groups is 1. The summed E-state index contributed by atoms with van der Waals surface area (Å²) in [6.07, 6.45) is 1.92. The number of imidazole rings is 1. The molecule has 0 unspecified atom stereocenters. The van der Waals surface area contributed by atoms with Gasteiger partial charge in [-0.25, -0.2) is 9.55 Å². The SMILES string of the molecule is Cc1c[n+](C)c(C(=O)C(C)(C)C)[nH]1. The van der Waals surface area contributed by atoms with E-state index in [2.05, 4.69) is 4.98 Å². The molecule has 0 saturated heterocycles. The van der Waals surface area contributed by atoms with E-state index in [1.54, 1.807) is 0 Å². The van der Waals surface area contributed by atoms with E-state index in [4.69, 9.17) is 0 Å². The number of hydrogen-bond donors (Lipinski definition) is 1. The predicted octanol–water partition coefficient (Wildman–Crippen LogP) is 1.38. The van der Waals surface area contributed by atoms with E-state index in [9.17, 15) is 4.79 Å². The lowest BCUT2D eigenvalue weighted by Crippen LogP contribution is -2.37. The Morgan fingerprint density at radius 2 is 2.00 bits per heavy atom. The minimum atomic E-state index is -0.324. The zero-order valence-electron chi connectivity index (χ0n) is 8.93. The van der Waals surface area contributed by atoms with Gasteiger partial charge in [0.25, 0.3) is 0 Å². The zero-order chi connectivity index (χ0) is 10.2. The second-order valence-corrected chi connectivity index (χ2v) is 4.48. The molecule has 1 aromatic heterocycles. The fraction of sp³-hybridized carbons (Fsp3) is 0.600. The van der Waals surface area contributed by atoms with Crippen molar-refractivity contribution >= 4 is 5.78 Å². The number of H-pyrrole nitrogens is 1. The molecule has 0 aromatic carbocycles. The van der Waals surface area contributed by atoms with Gasteiger partial charge in [0.05, 0.1) is 7.05 Å². The van der Waals surface area contributed by atoms with Crippen LogP contribution in [-0.4, -0.2) is 10.8 Å². The maximum absolute atomic E-state index is 11.8. The quantitative estimate of drug-likeness (QED) is 0.515. The molecule has 13 heavy (non-hydrogen) atoms. The van der Waals surface area contributed by atoms with E-state index < -0.39 is 0 Å². The Morgan fingerprint density at radius 1 is 1.46 bits per heavy atom. The molecule has 0 aliphatic heterocycles. The van der Waals surface area contributed by atoms with Crippen molar-refractivity contribution in [2.45, 2.75) is 27.7 Å². The first-order valence-corrected chi connectivity index (χ1v) is 4.42. The first-order chi connectivity index (χ1) is 5.82. The number of carbonyl (C=O) groups excluding carboxylic acids is 1. The molecule has 72 valence electrons. The standard InChI is InChI=1S/C10H16N2O/c1-7-6-12(5)9(11-7)8(13)10(2,3)4/h6H,1-5H3/p+1. The predicted molar refractivity (Wildman–Crippen MR) is 50.5 cm³/mol. The van der Waals surface area contributed by atoms with Crippen LogP contribution in [0.25, 0.3) is 0 Å². The lowest BCUT2D eigenvalue weighted by Gasteiger charge is -2.12. The highest BCUT2D eigenvalue weighted by molar-refractivity contribution is 5.95. The Balaban J connectivity index is 3.09. The van der Waals surface area contributed by atoms with Gasteiger partial charge in [0.2, 0.25) is 5.78 Å². The Kier molecular flexibility index (Phi) is 2.28. The Hall–Kier alpha value is -1.12. The molecule has 0 amide bonds. The second kappa shape index (κ2) is 2.98. The number of nitrogens with one attached hydrogen (secondary N) is 1. The highest BCUT2D eigenvalue weighted by Crippen LogP contribution is 2.17. The fourth-order valence-electron chi connectivity index (χ4n) is 1.23. The minimum Gasteiger partial charge on any atom is -0.285 e. The van der Waals surface area contributed by atoms with Crippen LogP contribution in [0, 0.1) is 12.3 Å². The lowest BCUT2D eigenvalue weighted by atomic mass is 9.90. The molecule has 0 radical (unpaired) electrons. The van der Waals surface area contributed by atoms with Crippen LogP contribution >= 0.6 is 0 Å². The van der Waals surface area contributed by atoms with Crippen LogP contribution in [0.4, 0.5) is 0 Å². The van der Waals surface area contributed by atoms with E-state index in [0.29, 0.717) is 5.82 Å². The van der Waals surface area contributed by atoms with Crippen molar-refractivity contribution in [3.8, 4) is 0 Å². The number of nitrogens with zero attached hydrogens (tertiary/aromatic N) is 1. The Morgan fingerprint density at radius 3 is 2.31 bits per heavy atom. The molecule has 1 aromatic rings. The third kappa shape index (κ3) is 1.97. The van der Waals surface area contributed by atoms with E-state index in [-0.39, 0.29) is 11.2 Å². The van der Waals surface area contributed by atoms with Gasteiger partial charge in [-0.2, -0.15) is 0 Å². The van der Waals surface area contributed by atoms with E-state index in [0.717, 1.165) is 5.69 Å². The summed E-state index contributed by atoms with van der Waals surface area (Å²) >= 11 is 0. The van der Waals surface area contributed by atoms with Crippen LogP contribution in [0.5, 0.6) is 0 Å². The summed E-state index contributed by atoms with van der Waals surface area (Å²) in [5, 5.41) is 0. The number of aromatic nitrogens is 2. The van der Waals surface area contributed by atoms with Crippen LogP contribution < -0.4 is 4.57 Å². The Labute approximate surface area is 78.8 Å². The van der Waals surface area contributed by atoms with E-state index in [1.165, 1.54) is 0 Å². The average molecular weight is 181 g/mol. The van der Waals surface area contributed by atoms with Crippen LogP contribution in [-0.2, 0) is 7.05 Å². The highest BCUT2D eigenvalue weighted by Gasteiger charge is 2.30. The van der Waals surface area contributed by atoms with Crippen LogP contribution in [0.3, 0.4) is 0 Å². The summed E-state index contributed by atoms with van der Waals surface area (Å²) in [4.78, 5) is 14.9. The molecule has 3 nitrogen and oxygen atoms in total. The molecule has 3 heteroatoms. The lowest BCUT2D eigenvalue weighted by molar-refractivity contribution is -0.672. The van der Waals surface area contributed by atoms with Crippen molar-refractivity contribution in [3.63, 3.8) is 0 Å². The van der Waals surface area contributed by atoms with Gasteiger partial charge in [-0.3, -0.25) is 4.79 Å². The largest absolute Gasteiger partial charge is 0.323 e.